The molecule has 8 heteroatoms. The van der Waals surface area contributed by atoms with Crippen LogP contribution in [0.4, 0.5) is 18.9 Å². The number of anilines is 1. The number of alkyl halides is 3. The minimum absolute atomic E-state index is 0.261. The number of amides is 1. The lowest BCUT2D eigenvalue weighted by atomic mass is 10.0. The number of ether oxygens (including phenoxy) is 1. The van der Waals surface area contributed by atoms with Gasteiger partial charge in [0.2, 0.25) is 0 Å². The van der Waals surface area contributed by atoms with Crippen LogP contribution in [-0.4, -0.2) is 49.6 Å². The zero-order valence-corrected chi connectivity index (χ0v) is 15.7. The fraction of sp³-hybridized carbons (Fsp3) is 0.600. The molecule has 0 aromatic heterocycles. The summed E-state index contributed by atoms with van der Waals surface area (Å²) in [5.74, 6) is -0.218. The number of nitrogens with zero attached hydrogens (tertiary/aromatic N) is 2. The molecule has 0 spiro atoms. The van der Waals surface area contributed by atoms with Crippen LogP contribution >= 0.6 is 0 Å². The fourth-order valence-electron chi connectivity index (χ4n) is 3.84. The lowest BCUT2D eigenvalue weighted by Gasteiger charge is -2.36. The molecule has 1 saturated carbocycles. The lowest BCUT2D eigenvalue weighted by molar-refractivity contribution is -0.152. The molecule has 0 atom stereocenters. The van der Waals surface area contributed by atoms with Crippen molar-refractivity contribution < 1.29 is 27.5 Å². The number of carbonyl (C=O) groups excluding carboxylic acids is 2. The quantitative estimate of drug-likeness (QED) is 0.713. The second-order valence-corrected chi connectivity index (χ2v) is 7.43. The van der Waals surface area contributed by atoms with E-state index in [1.165, 1.54) is 6.07 Å². The minimum Gasteiger partial charge on any atom is -0.456 e. The first-order valence-electron chi connectivity index (χ1n) is 9.68. The van der Waals surface area contributed by atoms with Gasteiger partial charge >= 0.3 is 12.1 Å². The summed E-state index contributed by atoms with van der Waals surface area (Å²) >= 11 is 0. The summed E-state index contributed by atoms with van der Waals surface area (Å²) in [6.45, 7) is 1.37. The molecule has 2 fully saturated rings. The number of hydrogen-bond donors (Lipinski definition) is 0. The van der Waals surface area contributed by atoms with E-state index >= 15 is 0 Å². The third-order valence-corrected chi connectivity index (χ3v) is 5.46. The maximum Gasteiger partial charge on any atom is 0.416 e. The molecule has 1 aliphatic carbocycles. The van der Waals surface area contributed by atoms with E-state index in [-0.39, 0.29) is 18.5 Å². The molecular formula is C20H25F3N2O3. The Kier molecular flexibility index (Phi) is 6.46. The normalized spacial score (nSPS) is 18.4. The van der Waals surface area contributed by atoms with Gasteiger partial charge in [0.05, 0.1) is 5.56 Å². The van der Waals surface area contributed by atoms with Crippen molar-refractivity contribution in [3.05, 3.63) is 29.8 Å². The first-order chi connectivity index (χ1) is 13.3. The summed E-state index contributed by atoms with van der Waals surface area (Å²) in [5, 5.41) is 0. The van der Waals surface area contributed by atoms with Crippen molar-refractivity contribution >= 4 is 17.6 Å². The van der Waals surface area contributed by atoms with Gasteiger partial charge in [0.15, 0.2) is 6.61 Å². The van der Waals surface area contributed by atoms with E-state index in [1.54, 1.807) is 11.0 Å². The Morgan fingerprint density at radius 3 is 2.39 bits per heavy atom. The molecule has 28 heavy (non-hydrogen) atoms. The summed E-state index contributed by atoms with van der Waals surface area (Å²) in [4.78, 5) is 27.5. The number of halogens is 3. The molecule has 1 aromatic carbocycles. The van der Waals surface area contributed by atoms with E-state index in [4.69, 9.17) is 4.74 Å². The lowest BCUT2D eigenvalue weighted by Crippen LogP contribution is -2.50. The van der Waals surface area contributed by atoms with E-state index in [9.17, 15) is 22.8 Å². The topological polar surface area (TPSA) is 49.9 Å². The molecule has 2 aliphatic rings. The van der Waals surface area contributed by atoms with Gasteiger partial charge in [-0.25, -0.2) is 0 Å². The van der Waals surface area contributed by atoms with Crippen molar-refractivity contribution in [2.45, 2.75) is 38.3 Å². The van der Waals surface area contributed by atoms with Crippen molar-refractivity contribution in [1.82, 2.24) is 4.90 Å². The zero-order valence-electron chi connectivity index (χ0n) is 15.7. The van der Waals surface area contributed by atoms with Gasteiger partial charge in [-0.3, -0.25) is 9.59 Å². The monoisotopic (exact) mass is 398 g/mol. The number of carbonyl (C=O) groups is 2. The average molecular weight is 398 g/mol. The second kappa shape index (κ2) is 8.84. The maximum atomic E-state index is 12.9. The number of hydrogen-bond acceptors (Lipinski definition) is 4. The molecule has 3 rings (SSSR count). The van der Waals surface area contributed by atoms with Gasteiger partial charge in [-0.2, -0.15) is 13.2 Å². The predicted molar refractivity (Wildman–Crippen MR) is 97.8 cm³/mol. The molecule has 1 heterocycles. The van der Waals surface area contributed by atoms with Crippen molar-refractivity contribution in [2.24, 2.45) is 5.92 Å². The molecule has 1 aliphatic heterocycles. The Hall–Kier alpha value is -2.25. The third kappa shape index (κ3) is 5.39. The van der Waals surface area contributed by atoms with Crippen molar-refractivity contribution in [2.75, 3.05) is 37.7 Å². The smallest absolute Gasteiger partial charge is 0.416 e. The Balaban J connectivity index is 1.44. The highest BCUT2D eigenvalue weighted by Crippen LogP contribution is 2.32. The van der Waals surface area contributed by atoms with Crippen LogP contribution < -0.4 is 4.90 Å². The Morgan fingerprint density at radius 1 is 1.07 bits per heavy atom. The highest BCUT2D eigenvalue weighted by molar-refractivity contribution is 5.81. The molecule has 0 N–H and O–H groups in total. The van der Waals surface area contributed by atoms with Gasteiger partial charge in [-0.15, -0.1) is 0 Å². The van der Waals surface area contributed by atoms with E-state index < -0.39 is 11.7 Å². The summed E-state index contributed by atoms with van der Waals surface area (Å²) in [6.07, 6.45) is 0.369. The largest absolute Gasteiger partial charge is 0.456 e. The predicted octanol–water partition coefficient (Wildman–Crippen LogP) is 3.48. The summed E-state index contributed by atoms with van der Waals surface area (Å²) in [6, 6.07) is 5.20. The third-order valence-electron chi connectivity index (χ3n) is 5.46. The molecule has 0 bridgehead atoms. The van der Waals surface area contributed by atoms with Gasteiger partial charge in [-0.1, -0.05) is 18.9 Å². The number of rotatable bonds is 5. The van der Waals surface area contributed by atoms with Crippen LogP contribution in [-0.2, 0) is 20.5 Å². The van der Waals surface area contributed by atoms with Gasteiger partial charge in [0.25, 0.3) is 5.91 Å². The van der Waals surface area contributed by atoms with E-state index in [0.717, 1.165) is 37.8 Å². The highest BCUT2D eigenvalue weighted by atomic mass is 19.4. The fourth-order valence-corrected chi connectivity index (χ4v) is 3.84. The second-order valence-electron chi connectivity index (χ2n) is 7.43. The van der Waals surface area contributed by atoms with Crippen LogP contribution in [0.5, 0.6) is 0 Å². The van der Waals surface area contributed by atoms with Crippen molar-refractivity contribution in [3.63, 3.8) is 0 Å². The number of esters is 1. The van der Waals surface area contributed by atoms with Crippen LogP contribution in [0.2, 0.25) is 0 Å². The molecule has 0 radical (unpaired) electrons. The van der Waals surface area contributed by atoms with E-state index in [0.29, 0.717) is 44.2 Å². The molecule has 5 nitrogen and oxygen atoms in total. The van der Waals surface area contributed by atoms with Gasteiger partial charge in [0.1, 0.15) is 0 Å². The summed E-state index contributed by atoms with van der Waals surface area (Å²) in [7, 11) is 0. The maximum absolute atomic E-state index is 12.9. The van der Waals surface area contributed by atoms with Crippen LogP contribution in [0, 0.1) is 5.92 Å². The number of benzene rings is 1. The van der Waals surface area contributed by atoms with Crippen molar-refractivity contribution in [1.29, 1.82) is 0 Å². The molecule has 154 valence electrons. The van der Waals surface area contributed by atoms with Crippen LogP contribution in [0.25, 0.3) is 0 Å². The van der Waals surface area contributed by atoms with E-state index in [1.807, 2.05) is 4.90 Å². The summed E-state index contributed by atoms with van der Waals surface area (Å²) < 4.78 is 43.7. The van der Waals surface area contributed by atoms with Gasteiger partial charge < -0.3 is 14.5 Å². The van der Waals surface area contributed by atoms with E-state index in [2.05, 4.69) is 0 Å². The molecular weight excluding hydrogens is 373 g/mol. The van der Waals surface area contributed by atoms with Crippen LogP contribution in [0.15, 0.2) is 24.3 Å². The van der Waals surface area contributed by atoms with Crippen molar-refractivity contribution in [3.8, 4) is 0 Å². The van der Waals surface area contributed by atoms with Gasteiger partial charge in [-0.05, 0) is 37.0 Å². The van der Waals surface area contributed by atoms with Gasteiger partial charge in [0, 0.05) is 38.3 Å². The number of piperazine rings is 1. The Bertz CT molecular complexity index is 694. The minimum atomic E-state index is -4.38. The first kappa shape index (κ1) is 20.5. The zero-order chi connectivity index (χ0) is 20.1. The summed E-state index contributed by atoms with van der Waals surface area (Å²) in [5.41, 5.74) is -0.192. The average Bonchev–Trinajstić information content (AvgIpc) is 3.18. The molecule has 1 amide bonds. The van der Waals surface area contributed by atoms with Crippen LogP contribution in [0.3, 0.4) is 0 Å². The Morgan fingerprint density at radius 2 is 1.75 bits per heavy atom. The SMILES string of the molecule is O=C(CC1CCCC1)OCC(=O)N1CCN(c2cccc(C(F)(F)F)c2)CC1. The standard InChI is InChI=1S/C20H25F3N2O3/c21-20(22,23)16-6-3-7-17(13-16)24-8-10-25(11-9-24)18(26)14-28-19(27)12-15-4-1-2-5-15/h3,6-7,13,15H,1-2,4-5,8-12,14H2. The Labute approximate surface area is 162 Å². The van der Waals surface area contributed by atoms with Crippen LogP contribution in [0.1, 0.15) is 37.7 Å². The first-order valence-corrected chi connectivity index (χ1v) is 9.68. The molecule has 1 aromatic rings. The molecule has 0 unspecified atom stereocenters. The molecule has 1 saturated heterocycles. The highest BCUT2D eigenvalue weighted by Gasteiger charge is 2.31.